The maximum Gasteiger partial charge on any atom is 0.340 e. The predicted molar refractivity (Wildman–Crippen MR) is 77.9 cm³/mol. The van der Waals surface area contributed by atoms with Crippen LogP contribution in [0, 0.1) is 20.4 Å². The third kappa shape index (κ3) is 2.43. The average molecular weight is 268 g/mol. The van der Waals surface area contributed by atoms with E-state index < -0.39 is 0 Å². The first-order chi connectivity index (χ1) is 9.58. The van der Waals surface area contributed by atoms with Gasteiger partial charge in [-0.25, -0.2) is 9.64 Å². The lowest BCUT2D eigenvalue weighted by Gasteiger charge is -2.06. The molecule has 2 aromatic rings. The second-order valence-electron chi connectivity index (χ2n) is 4.50. The Labute approximate surface area is 118 Å². The smallest absolute Gasteiger partial charge is 0.340 e. The van der Waals surface area contributed by atoms with Gasteiger partial charge in [0.1, 0.15) is 0 Å². The number of H-pyrrole nitrogens is 1. The number of aromatic nitrogens is 1. The van der Waals surface area contributed by atoms with Crippen LogP contribution < -0.4 is 0 Å². The first kappa shape index (κ1) is 13.9. The maximum atomic E-state index is 12.1. The molecule has 0 saturated heterocycles. The molecule has 1 heterocycles. The summed E-state index contributed by atoms with van der Waals surface area (Å²) in [6.45, 7) is 12.9. The lowest BCUT2D eigenvalue weighted by Crippen LogP contribution is -2.06. The third-order valence-corrected chi connectivity index (χ3v) is 3.14. The van der Waals surface area contributed by atoms with Crippen LogP contribution in [0.2, 0.25) is 0 Å². The Hall–Kier alpha value is -2.54. The molecule has 1 aromatic carbocycles. The van der Waals surface area contributed by atoms with Gasteiger partial charge in [0, 0.05) is 17.0 Å². The van der Waals surface area contributed by atoms with Crippen molar-refractivity contribution in [3.05, 3.63) is 52.6 Å². The summed E-state index contributed by atoms with van der Waals surface area (Å²) in [4.78, 5) is 18.7. The highest BCUT2D eigenvalue weighted by Gasteiger charge is 2.21. The summed E-state index contributed by atoms with van der Waals surface area (Å²) in [5.74, 6) is -0.321. The molecule has 0 saturated carbocycles. The van der Waals surface area contributed by atoms with Gasteiger partial charge in [-0.1, -0.05) is 24.3 Å². The van der Waals surface area contributed by atoms with Crippen molar-refractivity contribution in [2.45, 2.75) is 20.8 Å². The van der Waals surface area contributed by atoms with Crippen LogP contribution in [0.5, 0.6) is 0 Å². The zero-order chi connectivity index (χ0) is 14.7. The minimum atomic E-state index is -0.321. The Morgan fingerprint density at radius 2 is 1.90 bits per heavy atom. The van der Waals surface area contributed by atoms with Gasteiger partial charge < -0.3 is 9.72 Å². The van der Waals surface area contributed by atoms with Crippen LogP contribution >= 0.6 is 0 Å². The molecule has 4 heteroatoms. The molecule has 0 amide bonds. The first-order valence-corrected chi connectivity index (χ1v) is 6.42. The topological polar surface area (TPSA) is 46.5 Å². The van der Waals surface area contributed by atoms with E-state index in [4.69, 9.17) is 11.3 Å². The van der Waals surface area contributed by atoms with Crippen LogP contribution in [-0.4, -0.2) is 17.6 Å². The van der Waals surface area contributed by atoms with E-state index in [1.807, 2.05) is 26.0 Å². The van der Waals surface area contributed by atoms with Gasteiger partial charge in [0.05, 0.1) is 18.7 Å². The second kappa shape index (κ2) is 5.62. The van der Waals surface area contributed by atoms with Crippen LogP contribution in [0.1, 0.15) is 28.7 Å². The zero-order valence-corrected chi connectivity index (χ0v) is 11.8. The molecule has 0 aliphatic heterocycles. The van der Waals surface area contributed by atoms with Crippen molar-refractivity contribution in [1.29, 1.82) is 0 Å². The van der Waals surface area contributed by atoms with Crippen LogP contribution in [0.4, 0.5) is 5.69 Å². The number of ether oxygens (including phenoxy) is 1. The van der Waals surface area contributed by atoms with Gasteiger partial charge in [-0.3, -0.25) is 0 Å². The largest absolute Gasteiger partial charge is 0.462 e. The Bertz CT molecular complexity index is 676. The quantitative estimate of drug-likeness (QED) is 0.675. The number of aryl methyl sites for hydroxylation is 2. The van der Waals surface area contributed by atoms with Crippen molar-refractivity contribution in [1.82, 2.24) is 4.98 Å². The van der Waals surface area contributed by atoms with E-state index in [0.717, 1.165) is 22.5 Å². The number of carbonyl (C=O) groups excluding carboxylic acids is 1. The zero-order valence-electron chi connectivity index (χ0n) is 11.8. The number of benzene rings is 1. The third-order valence-electron chi connectivity index (χ3n) is 3.14. The van der Waals surface area contributed by atoms with Gasteiger partial charge in [0.15, 0.2) is 5.69 Å². The summed E-state index contributed by atoms with van der Waals surface area (Å²) >= 11 is 0. The standard InChI is InChI=1S/C16H16N2O2/c1-5-20-16(19)15-11(3)18-10(2)14(15)12-6-8-13(17-4)9-7-12/h6-9,18H,5H2,1-3H3. The van der Waals surface area contributed by atoms with Crippen molar-refractivity contribution in [3.63, 3.8) is 0 Å². The maximum absolute atomic E-state index is 12.1. The molecule has 0 unspecified atom stereocenters. The molecule has 0 aliphatic carbocycles. The number of nitrogens with one attached hydrogen (secondary N) is 1. The van der Waals surface area contributed by atoms with Crippen LogP contribution in [-0.2, 0) is 4.74 Å². The van der Waals surface area contributed by atoms with Crippen molar-refractivity contribution < 1.29 is 9.53 Å². The van der Waals surface area contributed by atoms with Gasteiger partial charge >= 0.3 is 5.97 Å². The van der Waals surface area contributed by atoms with Crippen LogP contribution in [0.3, 0.4) is 0 Å². The molecule has 0 fully saturated rings. The van der Waals surface area contributed by atoms with Gasteiger partial charge in [0.2, 0.25) is 0 Å². The number of rotatable bonds is 3. The summed E-state index contributed by atoms with van der Waals surface area (Å²) in [5.41, 5.74) is 4.61. The van der Waals surface area contributed by atoms with E-state index in [1.165, 1.54) is 0 Å². The van der Waals surface area contributed by atoms with E-state index in [1.54, 1.807) is 19.1 Å². The van der Waals surface area contributed by atoms with Gasteiger partial charge in [-0.15, -0.1) is 0 Å². The summed E-state index contributed by atoms with van der Waals surface area (Å²) in [6.07, 6.45) is 0. The molecular weight excluding hydrogens is 252 g/mol. The number of carbonyl (C=O) groups is 1. The number of hydrogen-bond donors (Lipinski definition) is 1. The number of hydrogen-bond acceptors (Lipinski definition) is 2. The molecular formula is C16H16N2O2. The van der Waals surface area contributed by atoms with Crippen molar-refractivity contribution in [3.8, 4) is 11.1 Å². The molecule has 102 valence electrons. The monoisotopic (exact) mass is 268 g/mol. The van der Waals surface area contributed by atoms with Crippen LogP contribution in [0.25, 0.3) is 16.0 Å². The van der Waals surface area contributed by atoms with Crippen molar-refractivity contribution in [2.75, 3.05) is 6.61 Å². The molecule has 0 spiro atoms. The van der Waals surface area contributed by atoms with Gasteiger partial charge in [-0.2, -0.15) is 0 Å². The molecule has 1 N–H and O–H groups in total. The van der Waals surface area contributed by atoms with Gasteiger partial charge in [0.25, 0.3) is 0 Å². The fourth-order valence-corrected chi connectivity index (χ4v) is 2.30. The molecule has 2 rings (SSSR count). The van der Waals surface area contributed by atoms with Gasteiger partial charge in [-0.05, 0) is 26.3 Å². The lowest BCUT2D eigenvalue weighted by atomic mass is 10.0. The second-order valence-corrected chi connectivity index (χ2v) is 4.50. The van der Waals surface area contributed by atoms with E-state index in [-0.39, 0.29) is 5.97 Å². The summed E-state index contributed by atoms with van der Waals surface area (Å²) < 4.78 is 5.12. The Morgan fingerprint density at radius 3 is 2.45 bits per heavy atom. The summed E-state index contributed by atoms with van der Waals surface area (Å²) in [5, 5.41) is 0. The highest BCUT2D eigenvalue weighted by molar-refractivity contribution is 5.99. The summed E-state index contributed by atoms with van der Waals surface area (Å²) in [7, 11) is 0. The first-order valence-electron chi connectivity index (χ1n) is 6.42. The molecule has 20 heavy (non-hydrogen) atoms. The Morgan fingerprint density at radius 1 is 1.25 bits per heavy atom. The molecule has 4 nitrogen and oxygen atoms in total. The molecule has 0 bridgehead atoms. The lowest BCUT2D eigenvalue weighted by molar-refractivity contribution is 0.0526. The number of nitrogens with zero attached hydrogens (tertiary/aromatic N) is 1. The predicted octanol–water partition coefficient (Wildman–Crippen LogP) is 4.03. The SMILES string of the molecule is [C-]#[N+]c1ccc(-c2c(C)[nH]c(C)c2C(=O)OCC)cc1. The Balaban J connectivity index is 2.55. The Kier molecular flexibility index (Phi) is 3.90. The van der Waals surface area contributed by atoms with Crippen molar-refractivity contribution in [2.24, 2.45) is 0 Å². The van der Waals surface area contributed by atoms with E-state index >= 15 is 0 Å². The molecule has 1 aromatic heterocycles. The van der Waals surface area contributed by atoms with E-state index in [2.05, 4.69) is 9.83 Å². The van der Waals surface area contributed by atoms with Crippen molar-refractivity contribution >= 4 is 11.7 Å². The summed E-state index contributed by atoms with van der Waals surface area (Å²) in [6, 6.07) is 7.20. The number of esters is 1. The minimum Gasteiger partial charge on any atom is -0.462 e. The minimum absolute atomic E-state index is 0.321. The highest BCUT2D eigenvalue weighted by Crippen LogP contribution is 2.31. The normalized spacial score (nSPS) is 10.1. The molecule has 0 aliphatic rings. The number of aromatic amines is 1. The molecule has 0 atom stereocenters. The van der Waals surface area contributed by atoms with Crippen LogP contribution in [0.15, 0.2) is 24.3 Å². The average Bonchev–Trinajstić information content (AvgIpc) is 2.74. The fraction of sp³-hybridized carbons (Fsp3) is 0.250. The molecule has 0 radical (unpaired) electrons. The van der Waals surface area contributed by atoms with E-state index in [0.29, 0.717) is 17.9 Å². The highest BCUT2D eigenvalue weighted by atomic mass is 16.5. The fourth-order valence-electron chi connectivity index (χ4n) is 2.30. The van der Waals surface area contributed by atoms with E-state index in [9.17, 15) is 4.79 Å².